The lowest BCUT2D eigenvalue weighted by atomic mass is 10.2. The normalized spacial score (nSPS) is 12.1. The molecular formula is C10H16N4O. The molecule has 5 nitrogen and oxygen atoms in total. The number of nitrogens with two attached hydrogens (primary N) is 1. The predicted octanol–water partition coefficient (Wildman–Crippen LogP) is 0.334. The fourth-order valence-corrected chi connectivity index (χ4v) is 1.14. The van der Waals surface area contributed by atoms with Crippen LogP contribution in [-0.2, 0) is 0 Å². The van der Waals surface area contributed by atoms with Crippen LogP contribution in [0.3, 0.4) is 0 Å². The number of hydrogen-bond acceptors (Lipinski definition) is 4. The molecule has 0 radical (unpaired) electrons. The van der Waals surface area contributed by atoms with Crippen LogP contribution >= 0.6 is 0 Å². The summed E-state index contributed by atoms with van der Waals surface area (Å²) in [6.07, 6.45) is 6.18. The Hall–Kier alpha value is -1.49. The molecule has 0 bridgehead atoms. The van der Waals surface area contributed by atoms with E-state index in [1.165, 1.54) is 18.7 Å². The van der Waals surface area contributed by atoms with Crippen LogP contribution in [0.25, 0.3) is 0 Å². The van der Waals surface area contributed by atoms with E-state index in [2.05, 4.69) is 15.3 Å². The van der Waals surface area contributed by atoms with Gasteiger partial charge >= 0.3 is 0 Å². The van der Waals surface area contributed by atoms with E-state index in [0.29, 0.717) is 12.1 Å². The number of nitrogens with zero attached hydrogens (tertiary/aromatic N) is 2. The van der Waals surface area contributed by atoms with Crippen LogP contribution in [0.15, 0.2) is 18.7 Å². The van der Waals surface area contributed by atoms with Crippen LogP contribution in [0.5, 0.6) is 0 Å². The molecule has 0 aliphatic rings. The van der Waals surface area contributed by atoms with Gasteiger partial charge in [-0.15, -0.1) is 0 Å². The van der Waals surface area contributed by atoms with Crippen molar-refractivity contribution in [3.05, 3.63) is 24.3 Å². The highest BCUT2D eigenvalue weighted by molar-refractivity contribution is 5.93. The maximum Gasteiger partial charge on any atom is 0.254 e. The van der Waals surface area contributed by atoms with Crippen LogP contribution in [0.4, 0.5) is 0 Å². The first kappa shape index (κ1) is 11.6. The van der Waals surface area contributed by atoms with Gasteiger partial charge in [-0.2, -0.15) is 0 Å². The van der Waals surface area contributed by atoms with Crippen molar-refractivity contribution in [2.24, 2.45) is 5.73 Å². The van der Waals surface area contributed by atoms with Gasteiger partial charge < -0.3 is 11.1 Å². The molecule has 1 aromatic rings. The highest BCUT2D eigenvalue weighted by atomic mass is 16.1. The Bertz CT molecular complexity index is 300. The van der Waals surface area contributed by atoms with E-state index >= 15 is 0 Å². The molecule has 0 aliphatic carbocycles. The zero-order valence-corrected chi connectivity index (χ0v) is 8.81. The van der Waals surface area contributed by atoms with Gasteiger partial charge in [0.25, 0.3) is 5.91 Å². The van der Waals surface area contributed by atoms with E-state index in [-0.39, 0.29) is 11.9 Å². The molecule has 0 aromatic carbocycles. The summed E-state index contributed by atoms with van der Waals surface area (Å²) in [5, 5.41) is 2.78. The Labute approximate surface area is 89.1 Å². The summed E-state index contributed by atoms with van der Waals surface area (Å²) in [4.78, 5) is 19.0. The van der Waals surface area contributed by atoms with Gasteiger partial charge in [0.2, 0.25) is 0 Å². The first-order chi connectivity index (χ1) is 7.20. The molecule has 0 saturated heterocycles. The number of carbonyl (C=O) groups is 1. The molecule has 1 aromatic heterocycles. The van der Waals surface area contributed by atoms with Gasteiger partial charge in [0.05, 0.1) is 5.56 Å². The third-order valence-electron chi connectivity index (χ3n) is 1.94. The minimum Gasteiger partial charge on any atom is -0.352 e. The number of rotatable bonds is 5. The number of carbonyl (C=O) groups excluding carboxylic acids is 1. The van der Waals surface area contributed by atoms with Gasteiger partial charge in [0.1, 0.15) is 6.33 Å². The lowest BCUT2D eigenvalue weighted by molar-refractivity contribution is 0.0952. The Morgan fingerprint density at radius 1 is 1.53 bits per heavy atom. The standard InChI is InChI=1S/C10H16N4O/c1-8(11)3-2-4-14-10(15)9-5-12-7-13-6-9/h5-8H,2-4,11H2,1H3,(H,14,15). The van der Waals surface area contributed by atoms with E-state index in [9.17, 15) is 4.79 Å². The molecule has 1 rings (SSSR count). The lowest BCUT2D eigenvalue weighted by Crippen LogP contribution is -2.26. The number of hydrogen-bond donors (Lipinski definition) is 2. The average molecular weight is 208 g/mol. The summed E-state index contributed by atoms with van der Waals surface area (Å²) in [6.45, 7) is 2.59. The molecule has 0 spiro atoms. The van der Waals surface area contributed by atoms with E-state index in [0.717, 1.165) is 12.8 Å². The highest BCUT2D eigenvalue weighted by Gasteiger charge is 2.04. The Kier molecular flexibility index (Phi) is 4.70. The van der Waals surface area contributed by atoms with E-state index in [1.807, 2.05) is 6.92 Å². The Balaban J connectivity index is 2.25. The first-order valence-corrected chi connectivity index (χ1v) is 4.99. The summed E-state index contributed by atoms with van der Waals surface area (Å²) < 4.78 is 0. The minimum atomic E-state index is -0.139. The quantitative estimate of drug-likeness (QED) is 0.683. The van der Waals surface area contributed by atoms with Gasteiger partial charge in [-0.05, 0) is 19.8 Å². The average Bonchev–Trinajstić information content (AvgIpc) is 2.25. The molecular weight excluding hydrogens is 192 g/mol. The molecule has 15 heavy (non-hydrogen) atoms. The predicted molar refractivity (Wildman–Crippen MR) is 57.2 cm³/mol. The molecule has 1 atom stereocenters. The second-order valence-corrected chi connectivity index (χ2v) is 3.50. The molecule has 0 fully saturated rings. The molecule has 82 valence electrons. The summed E-state index contributed by atoms with van der Waals surface area (Å²) in [6, 6.07) is 0.182. The van der Waals surface area contributed by atoms with E-state index in [1.54, 1.807) is 0 Å². The van der Waals surface area contributed by atoms with Crippen molar-refractivity contribution in [2.45, 2.75) is 25.8 Å². The molecule has 1 heterocycles. The van der Waals surface area contributed by atoms with Crippen molar-refractivity contribution in [3.8, 4) is 0 Å². The molecule has 1 amide bonds. The van der Waals surface area contributed by atoms with Crippen molar-refractivity contribution in [1.82, 2.24) is 15.3 Å². The highest BCUT2D eigenvalue weighted by Crippen LogP contribution is 1.94. The fourth-order valence-electron chi connectivity index (χ4n) is 1.14. The summed E-state index contributed by atoms with van der Waals surface area (Å²) in [5.74, 6) is -0.139. The van der Waals surface area contributed by atoms with Crippen molar-refractivity contribution in [2.75, 3.05) is 6.54 Å². The van der Waals surface area contributed by atoms with Crippen LogP contribution < -0.4 is 11.1 Å². The molecule has 1 unspecified atom stereocenters. The fraction of sp³-hybridized carbons (Fsp3) is 0.500. The zero-order valence-electron chi connectivity index (χ0n) is 8.81. The SMILES string of the molecule is CC(N)CCCNC(=O)c1cncnc1. The van der Waals surface area contributed by atoms with Crippen LogP contribution in [-0.4, -0.2) is 28.5 Å². The number of nitrogens with one attached hydrogen (secondary N) is 1. The van der Waals surface area contributed by atoms with Crippen LogP contribution in [0.2, 0.25) is 0 Å². The Morgan fingerprint density at radius 2 is 2.20 bits per heavy atom. The van der Waals surface area contributed by atoms with Crippen molar-refractivity contribution in [3.63, 3.8) is 0 Å². The molecule has 0 saturated carbocycles. The monoisotopic (exact) mass is 208 g/mol. The molecule has 3 N–H and O–H groups in total. The van der Waals surface area contributed by atoms with Crippen molar-refractivity contribution >= 4 is 5.91 Å². The lowest BCUT2D eigenvalue weighted by Gasteiger charge is -2.06. The van der Waals surface area contributed by atoms with E-state index in [4.69, 9.17) is 5.73 Å². The van der Waals surface area contributed by atoms with Gasteiger partial charge in [-0.1, -0.05) is 0 Å². The first-order valence-electron chi connectivity index (χ1n) is 4.99. The summed E-state index contributed by atoms with van der Waals surface area (Å²) in [7, 11) is 0. The summed E-state index contributed by atoms with van der Waals surface area (Å²) in [5.41, 5.74) is 6.07. The Morgan fingerprint density at radius 3 is 2.80 bits per heavy atom. The minimum absolute atomic E-state index is 0.139. The van der Waals surface area contributed by atoms with Gasteiger partial charge in [-0.3, -0.25) is 4.79 Å². The van der Waals surface area contributed by atoms with Gasteiger partial charge in [0, 0.05) is 25.0 Å². The van der Waals surface area contributed by atoms with Crippen molar-refractivity contribution in [1.29, 1.82) is 0 Å². The topological polar surface area (TPSA) is 80.9 Å². The van der Waals surface area contributed by atoms with Gasteiger partial charge in [-0.25, -0.2) is 9.97 Å². The van der Waals surface area contributed by atoms with Crippen molar-refractivity contribution < 1.29 is 4.79 Å². The number of amides is 1. The maximum absolute atomic E-state index is 11.5. The van der Waals surface area contributed by atoms with Crippen LogP contribution in [0, 0.1) is 0 Å². The maximum atomic E-state index is 11.5. The number of aromatic nitrogens is 2. The third kappa shape index (κ3) is 4.51. The second-order valence-electron chi connectivity index (χ2n) is 3.50. The van der Waals surface area contributed by atoms with Gasteiger partial charge in [0.15, 0.2) is 0 Å². The smallest absolute Gasteiger partial charge is 0.254 e. The summed E-state index contributed by atoms with van der Waals surface area (Å²) >= 11 is 0. The largest absolute Gasteiger partial charge is 0.352 e. The molecule has 0 aliphatic heterocycles. The zero-order chi connectivity index (χ0) is 11.1. The van der Waals surface area contributed by atoms with E-state index < -0.39 is 0 Å². The second kappa shape index (κ2) is 6.08. The molecule has 5 heteroatoms. The third-order valence-corrected chi connectivity index (χ3v) is 1.94. The van der Waals surface area contributed by atoms with Crippen LogP contribution in [0.1, 0.15) is 30.1 Å².